The predicted molar refractivity (Wildman–Crippen MR) is 134 cm³/mol. The second-order valence-electron chi connectivity index (χ2n) is 8.42. The summed E-state index contributed by atoms with van der Waals surface area (Å²) in [4.78, 5) is 15.0. The number of anilines is 2. The van der Waals surface area contributed by atoms with Crippen molar-refractivity contribution < 1.29 is 14.3 Å². The fourth-order valence-electron chi connectivity index (χ4n) is 4.01. The Kier molecular flexibility index (Phi) is 7.96. The second-order valence-corrected chi connectivity index (χ2v) is 8.42. The minimum atomic E-state index is -0.673. The van der Waals surface area contributed by atoms with Gasteiger partial charge in [-0.25, -0.2) is 0 Å². The van der Waals surface area contributed by atoms with Gasteiger partial charge in [-0.1, -0.05) is 31.0 Å². The quantitative estimate of drug-likeness (QED) is 0.490. The van der Waals surface area contributed by atoms with Crippen LogP contribution in [0.1, 0.15) is 39.5 Å². The molecule has 2 heterocycles. The SMILES string of the molecule is CCOc1cccc(OC(C)C(=O)Nc2cccc(-c3ccc(N4CCCCCC4)nn3)c2)c1. The van der Waals surface area contributed by atoms with E-state index in [1.807, 2.05) is 55.5 Å². The molecular formula is C27H32N4O3. The molecule has 3 aromatic rings. The molecule has 1 unspecified atom stereocenters. The van der Waals surface area contributed by atoms with Crippen LogP contribution in [0.3, 0.4) is 0 Å². The van der Waals surface area contributed by atoms with Crippen LogP contribution in [0.5, 0.6) is 11.5 Å². The molecule has 0 radical (unpaired) electrons. The van der Waals surface area contributed by atoms with Gasteiger partial charge in [0.15, 0.2) is 11.9 Å². The molecule has 1 fully saturated rings. The third kappa shape index (κ3) is 6.25. The van der Waals surface area contributed by atoms with E-state index in [2.05, 4.69) is 20.4 Å². The topological polar surface area (TPSA) is 76.6 Å². The largest absolute Gasteiger partial charge is 0.494 e. The highest BCUT2D eigenvalue weighted by molar-refractivity contribution is 5.94. The number of nitrogens with one attached hydrogen (secondary N) is 1. The number of ether oxygens (including phenoxy) is 2. The molecule has 1 N–H and O–H groups in total. The first kappa shape index (κ1) is 23.5. The lowest BCUT2D eigenvalue weighted by Gasteiger charge is -2.20. The average Bonchev–Trinajstić information content (AvgIpc) is 3.14. The van der Waals surface area contributed by atoms with Gasteiger partial charge >= 0.3 is 0 Å². The molecule has 4 rings (SSSR count). The van der Waals surface area contributed by atoms with Crippen LogP contribution in [-0.2, 0) is 4.79 Å². The van der Waals surface area contributed by atoms with Crippen LogP contribution in [0, 0.1) is 0 Å². The summed E-state index contributed by atoms with van der Waals surface area (Å²) in [5.41, 5.74) is 2.34. The molecule has 1 aliphatic heterocycles. The molecule has 0 bridgehead atoms. The highest BCUT2D eigenvalue weighted by Gasteiger charge is 2.16. The summed E-state index contributed by atoms with van der Waals surface area (Å²) in [7, 11) is 0. The van der Waals surface area contributed by atoms with Crippen LogP contribution in [0.15, 0.2) is 60.7 Å². The zero-order valence-corrected chi connectivity index (χ0v) is 19.9. The minimum Gasteiger partial charge on any atom is -0.494 e. The van der Waals surface area contributed by atoms with Crippen molar-refractivity contribution in [2.24, 2.45) is 0 Å². The Hall–Kier alpha value is -3.61. The van der Waals surface area contributed by atoms with Crippen LogP contribution in [0.25, 0.3) is 11.3 Å². The van der Waals surface area contributed by atoms with Gasteiger partial charge in [0.2, 0.25) is 0 Å². The predicted octanol–water partition coefficient (Wildman–Crippen LogP) is 5.33. The van der Waals surface area contributed by atoms with Gasteiger partial charge < -0.3 is 19.7 Å². The number of amides is 1. The molecule has 1 saturated heterocycles. The number of carbonyl (C=O) groups excluding carboxylic acids is 1. The van der Waals surface area contributed by atoms with Crippen molar-refractivity contribution in [2.75, 3.05) is 29.9 Å². The van der Waals surface area contributed by atoms with Crippen molar-refractivity contribution in [1.82, 2.24) is 10.2 Å². The van der Waals surface area contributed by atoms with Crippen molar-refractivity contribution in [3.8, 4) is 22.8 Å². The standard InChI is InChI=1S/C27H32N4O3/c1-3-33-23-12-9-13-24(19-23)34-20(2)27(32)28-22-11-8-10-21(18-22)25-14-15-26(30-29-25)31-16-6-4-5-7-17-31/h8-15,18-20H,3-7,16-17H2,1-2H3,(H,28,32). The van der Waals surface area contributed by atoms with E-state index in [0.717, 1.165) is 30.2 Å². The molecule has 1 aliphatic rings. The second kappa shape index (κ2) is 11.5. The number of aromatic nitrogens is 2. The van der Waals surface area contributed by atoms with Crippen molar-refractivity contribution >= 4 is 17.4 Å². The highest BCUT2D eigenvalue weighted by atomic mass is 16.5. The Morgan fingerprint density at radius 3 is 2.47 bits per heavy atom. The molecule has 7 heteroatoms. The zero-order valence-electron chi connectivity index (χ0n) is 19.9. The van der Waals surface area contributed by atoms with Crippen LogP contribution in [0.4, 0.5) is 11.5 Å². The van der Waals surface area contributed by atoms with E-state index >= 15 is 0 Å². The van der Waals surface area contributed by atoms with Crippen LogP contribution < -0.4 is 19.7 Å². The number of hydrogen-bond donors (Lipinski definition) is 1. The van der Waals surface area contributed by atoms with E-state index in [-0.39, 0.29) is 5.91 Å². The lowest BCUT2D eigenvalue weighted by atomic mass is 10.1. The first-order valence-corrected chi connectivity index (χ1v) is 12.0. The maximum Gasteiger partial charge on any atom is 0.265 e. The summed E-state index contributed by atoms with van der Waals surface area (Å²) in [6.45, 7) is 6.28. The summed E-state index contributed by atoms with van der Waals surface area (Å²) >= 11 is 0. The normalized spacial score (nSPS) is 14.7. The molecule has 7 nitrogen and oxygen atoms in total. The first-order chi connectivity index (χ1) is 16.6. The number of carbonyl (C=O) groups is 1. The van der Waals surface area contributed by atoms with Gasteiger partial charge in [-0.05, 0) is 63.1 Å². The van der Waals surface area contributed by atoms with Gasteiger partial charge in [0.05, 0.1) is 12.3 Å². The van der Waals surface area contributed by atoms with Crippen LogP contribution in [0.2, 0.25) is 0 Å². The maximum atomic E-state index is 12.7. The van der Waals surface area contributed by atoms with Crippen molar-refractivity contribution in [2.45, 2.75) is 45.6 Å². The van der Waals surface area contributed by atoms with Crippen molar-refractivity contribution in [1.29, 1.82) is 0 Å². The van der Waals surface area contributed by atoms with Gasteiger partial charge in [0, 0.05) is 30.4 Å². The van der Waals surface area contributed by atoms with E-state index in [1.54, 1.807) is 19.1 Å². The Morgan fingerprint density at radius 2 is 1.74 bits per heavy atom. The maximum absolute atomic E-state index is 12.7. The Bertz CT molecular complexity index is 1080. The number of nitrogens with zero attached hydrogens (tertiary/aromatic N) is 3. The van der Waals surface area contributed by atoms with E-state index < -0.39 is 6.10 Å². The number of benzene rings is 2. The van der Waals surface area contributed by atoms with Gasteiger partial charge in [-0.3, -0.25) is 4.79 Å². The number of rotatable bonds is 8. The van der Waals surface area contributed by atoms with Gasteiger partial charge in [0.25, 0.3) is 5.91 Å². The van der Waals surface area contributed by atoms with Crippen molar-refractivity contribution in [3.05, 3.63) is 60.7 Å². The fourth-order valence-corrected chi connectivity index (χ4v) is 4.01. The van der Waals surface area contributed by atoms with E-state index in [1.165, 1.54) is 25.7 Å². The third-order valence-electron chi connectivity index (χ3n) is 5.80. The summed E-state index contributed by atoms with van der Waals surface area (Å²) in [5.74, 6) is 1.99. The molecule has 0 saturated carbocycles. The highest BCUT2D eigenvalue weighted by Crippen LogP contribution is 2.24. The lowest BCUT2D eigenvalue weighted by molar-refractivity contribution is -0.122. The molecule has 178 valence electrons. The third-order valence-corrected chi connectivity index (χ3v) is 5.80. The molecule has 2 aromatic carbocycles. The van der Waals surface area contributed by atoms with Gasteiger partial charge in [-0.15, -0.1) is 10.2 Å². The molecule has 1 aromatic heterocycles. The Labute approximate surface area is 201 Å². The molecule has 34 heavy (non-hydrogen) atoms. The Balaban J connectivity index is 1.39. The smallest absolute Gasteiger partial charge is 0.265 e. The van der Waals surface area contributed by atoms with Crippen LogP contribution >= 0.6 is 0 Å². The number of hydrogen-bond acceptors (Lipinski definition) is 6. The average molecular weight is 461 g/mol. The fraction of sp³-hybridized carbons (Fsp3) is 0.370. The van der Waals surface area contributed by atoms with Gasteiger partial charge in [-0.2, -0.15) is 0 Å². The zero-order chi connectivity index (χ0) is 23.8. The monoisotopic (exact) mass is 460 g/mol. The Morgan fingerprint density at radius 1 is 0.971 bits per heavy atom. The lowest BCUT2D eigenvalue weighted by Crippen LogP contribution is -2.30. The minimum absolute atomic E-state index is 0.235. The molecule has 0 aliphatic carbocycles. The van der Waals surface area contributed by atoms with Gasteiger partial charge in [0.1, 0.15) is 11.5 Å². The molecule has 0 spiro atoms. The first-order valence-electron chi connectivity index (χ1n) is 12.0. The molecule has 1 atom stereocenters. The van der Waals surface area contributed by atoms with Crippen molar-refractivity contribution in [3.63, 3.8) is 0 Å². The molecular weight excluding hydrogens is 428 g/mol. The summed E-state index contributed by atoms with van der Waals surface area (Å²) < 4.78 is 11.3. The van der Waals surface area contributed by atoms with E-state index in [4.69, 9.17) is 9.47 Å². The van der Waals surface area contributed by atoms with Crippen LogP contribution in [-0.4, -0.2) is 41.9 Å². The summed E-state index contributed by atoms with van der Waals surface area (Å²) in [5, 5.41) is 11.8. The summed E-state index contributed by atoms with van der Waals surface area (Å²) in [6.07, 6.45) is 4.29. The summed E-state index contributed by atoms with van der Waals surface area (Å²) in [6, 6.07) is 18.9. The molecule has 1 amide bonds. The van der Waals surface area contributed by atoms with E-state index in [9.17, 15) is 4.79 Å². The van der Waals surface area contributed by atoms with E-state index in [0.29, 0.717) is 23.8 Å².